The smallest absolute Gasteiger partial charge is 0.253 e. The molecule has 0 spiro atoms. The van der Waals surface area contributed by atoms with Crippen molar-refractivity contribution in [1.29, 1.82) is 0 Å². The van der Waals surface area contributed by atoms with Gasteiger partial charge in [-0.2, -0.15) is 5.10 Å². The molecule has 0 atom stereocenters. The maximum Gasteiger partial charge on any atom is 0.253 e. The van der Waals surface area contributed by atoms with E-state index in [9.17, 15) is 9.59 Å². The molecule has 0 aliphatic heterocycles. The number of amides is 2. The first-order chi connectivity index (χ1) is 15.8. The second-order valence-corrected chi connectivity index (χ2v) is 8.89. The summed E-state index contributed by atoms with van der Waals surface area (Å²) in [6, 6.07) is 18.9. The topological polar surface area (TPSA) is 79.6 Å². The number of benzene rings is 2. The van der Waals surface area contributed by atoms with Crippen molar-refractivity contribution in [1.82, 2.24) is 19.5 Å². The lowest BCUT2D eigenvalue weighted by molar-refractivity contribution is -0.113. The number of carbonyl (C=O) groups excluding carboxylic acids is 2. The molecule has 33 heavy (non-hydrogen) atoms. The zero-order chi connectivity index (χ0) is 23.5. The van der Waals surface area contributed by atoms with E-state index in [0.29, 0.717) is 16.4 Å². The van der Waals surface area contributed by atoms with Crippen molar-refractivity contribution in [2.45, 2.75) is 19.0 Å². The predicted octanol–water partition coefficient (Wildman–Crippen LogP) is 4.45. The fourth-order valence-electron chi connectivity index (χ4n) is 3.58. The molecule has 0 aliphatic rings. The Balaban J connectivity index is 1.52. The van der Waals surface area contributed by atoms with Crippen molar-refractivity contribution in [2.75, 3.05) is 25.2 Å². The average Bonchev–Trinajstić information content (AvgIpc) is 3.17. The van der Waals surface area contributed by atoms with Gasteiger partial charge in [-0.15, -0.1) is 0 Å². The summed E-state index contributed by atoms with van der Waals surface area (Å²) < 4.78 is 1.83. The van der Waals surface area contributed by atoms with Gasteiger partial charge in [0.1, 0.15) is 0 Å². The Labute approximate surface area is 196 Å². The van der Waals surface area contributed by atoms with Gasteiger partial charge in [0.25, 0.3) is 5.91 Å². The highest BCUT2D eigenvalue weighted by Gasteiger charge is 2.18. The van der Waals surface area contributed by atoms with Gasteiger partial charge in [0, 0.05) is 30.9 Å². The van der Waals surface area contributed by atoms with E-state index in [1.54, 1.807) is 38.4 Å². The first-order valence-corrected chi connectivity index (χ1v) is 11.5. The summed E-state index contributed by atoms with van der Waals surface area (Å²) in [7, 11) is 3.41. The minimum absolute atomic E-state index is 0.0816. The molecule has 2 aromatic carbocycles. The number of carbonyl (C=O) groups is 2. The standard InChI is InChI=1S/C25H25N5O2S/c1-16-14-17(2)28-30-23(16)22(18-8-6-5-7-9-18)27-25(30)33-15-21(31)26-20-12-10-19(11-13-20)24(32)29(3)4/h5-14H,15H2,1-4H3,(H,26,31). The number of fused-ring (bicyclic) bond motifs is 1. The molecule has 0 saturated heterocycles. The molecular weight excluding hydrogens is 434 g/mol. The molecule has 168 valence electrons. The third-order valence-electron chi connectivity index (χ3n) is 5.08. The summed E-state index contributed by atoms with van der Waals surface area (Å²) in [5.41, 5.74) is 5.97. The molecule has 7 nitrogen and oxygen atoms in total. The summed E-state index contributed by atoms with van der Waals surface area (Å²) in [5, 5.41) is 8.19. The fraction of sp³-hybridized carbons (Fsp3) is 0.200. The molecule has 4 aromatic rings. The molecule has 4 rings (SSSR count). The zero-order valence-electron chi connectivity index (χ0n) is 19.0. The van der Waals surface area contributed by atoms with Gasteiger partial charge in [0.05, 0.1) is 22.7 Å². The molecule has 0 saturated carbocycles. The van der Waals surface area contributed by atoms with Gasteiger partial charge in [0.2, 0.25) is 5.91 Å². The van der Waals surface area contributed by atoms with E-state index in [-0.39, 0.29) is 17.6 Å². The summed E-state index contributed by atoms with van der Waals surface area (Å²) >= 11 is 1.34. The van der Waals surface area contributed by atoms with Crippen molar-refractivity contribution in [3.05, 3.63) is 77.5 Å². The van der Waals surface area contributed by atoms with Crippen molar-refractivity contribution in [2.24, 2.45) is 0 Å². The van der Waals surface area contributed by atoms with E-state index < -0.39 is 0 Å². The highest BCUT2D eigenvalue weighted by atomic mass is 32.2. The molecule has 8 heteroatoms. The molecule has 2 aromatic heterocycles. The van der Waals surface area contributed by atoms with Crippen molar-refractivity contribution < 1.29 is 9.59 Å². The SMILES string of the molecule is Cc1cc(C)c2c(-c3ccccc3)nc(SCC(=O)Nc3ccc(C(=O)N(C)C)cc3)n2n1. The Bertz CT molecular complexity index is 1310. The molecule has 2 heterocycles. The Hall–Kier alpha value is -3.65. The van der Waals surface area contributed by atoms with Gasteiger partial charge in [-0.25, -0.2) is 9.50 Å². The van der Waals surface area contributed by atoms with Crippen LogP contribution in [0.1, 0.15) is 21.6 Å². The molecule has 0 bridgehead atoms. The number of aromatic nitrogens is 3. The summed E-state index contributed by atoms with van der Waals surface area (Å²) in [6.45, 7) is 3.99. The number of anilines is 1. The number of nitrogens with zero attached hydrogens (tertiary/aromatic N) is 4. The molecule has 0 fully saturated rings. The maximum absolute atomic E-state index is 12.6. The van der Waals surface area contributed by atoms with E-state index in [4.69, 9.17) is 4.98 Å². The second kappa shape index (κ2) is 9.46. The molecule has 0 aliphatic carbocycles. The quantitative estimate of drug-likeness (QED) is 0.431. The fourth-order valence-corrected chi connectivity index (χ4v) is 4.32. The van der Waals surface area contributed by atoms with Crippen molar-refractivity contribution in [3.63, 3.8) is 0 Å². The lowest BCUT2D eigenvalue weighted by Crippen LogP contribution is -2.21. The van der Waals surface area contributed by atoms with E-state index in [2.05, 4.69) is 10.4 Å². The molecule has 0 unspecified atom stereocenters. The van der Waals surface area contributed by atoms with E-state index >= 15 is 0 Å². The van der Waals surface area contributed by atoms with Crippen LogP contribution in [0, 0.1) is 13.8 Å². The monoisotopic (exact) mass is 459 g/mol. The number of rotatable bonds is 6. The van der Waals surface area contributed by atoms with Gasteiger partial charge in [-0.3, -0.25) is 9.59 Å². The van der Waals surface area contributed by atoms with Gasteiger partial charge < -0.3 is 10.2 Å². The normalized spacial score (nSPS) is 10.9. The summed E-state index contributed by atoms with van der Waals surface area (Å²) in [4.78, 5) is 31.0. The molecular formula is C25H25N5O2S. The number of hydrogen-bond acceptors (Lipinski definition) is 5. The van der Waals surface area contributed by atoms with Gasteiger partial charge in [0.15, 0.2) is 5.16 Å². The highest BCUT2D eigenvalue weighted by molar-refractivity contribution is 7.99. The Morgan fingerprint density at radius 3 is 2.39 bits per heavy atom. The number of thioether (sulfide) groups is 1. The van der Waals surface area contributed by atoms with Crippen LogP contribution in [-0.4, -0.2) is 51.2 Å². The van der Waals surface area contributed by atoms with Crippen LogP contribution in [0.25, 0.3) is 16.8 Å². The van der Waals surface area contributed by atoms with Crippen LogP contribution in [0.3, 0.4) is 0 Å². The summed E-state index contributed by atoms with van der Waals surface area (Å²) in [5.74, 6) is -0.0589. The van der Waals surface area contributed by atoms with Crippen LogP contribution in [0.2, 0.25) is 0 Å². The van der Waals surface area contributed by atoms with Gasteiger partial charge in [-0.05, 0) is 49.7 Å². The molecule has 2 amide bonds. The third kappa shape index (κ3) is 4.90. The van der Waals surface area contributed by atoms with Crippen LogP contribution in [0.4, 0.5) is 5.69 Å². The maximum atomic E-state index is 12.6. The van der Waals surface area contributed by atoms with Crippen molar-refractivity contribution >= 4 is 34.8 Å². The minimum Gasteiger partial charge on any atom is -0.345 e. The molecule has 0 radical (unpaired) electrons. The third-order valence-corrected chi connectivity index (χ3v) is 6.01. The first kappa shape index (κ1) is 22.5. The lowest BCUT2D eigenvalue weighted by Gasteiger charge is -2.11. The summed E-state index contributed by atoms with van der Waals surface area (Å²) in [6.07, 6.45) is 0. The van der Waals surface area contributed by atoms with Crippen LogP contribution in [0.15, 0.2) is 65.8 Å². The van der Waals surface area contributed by atoms with Crippen LogP contribution < -0.4 is 5.32 Å². The van der Waals surface area contributed by atoms with E-state index in [1.807, 2.05) is 54.8 Å². The number of imidazole rings is 1. The Morgan fingerprint density at radius 2 is 1.73 bits per heavy atom. The number of hydrogen-bond donors (Lipinski definition) is 1. The van der Waals surface area contributed by atoms with E-state index in [1.165, 1.54) is 16.7 Å². The largest absolute Gasteiger partial charge is 0.345 e. The minimum atomic E-state index is -0.158. The Morgan fingerprint density at radius 1 is 1.03 bits per heavy atom. The van der Waals surface area contributed by atoms with Gasteiger partial charge >= 0.3 is 0 Å². The van der Waals surface area contributed by atoms with Gasteiger partial charge in [-0.1, -0.05) is 42.1 Å². The van der Waals surface area contributed by atoms with Crippen LogP contribution in [0.5, 0.6) is 0 Å². The lowest BCUT2D eigenvalue weighted by atomic mass is 10.1. The first-order valence-electron chi connectivity index (χ1n) is 10.5. The average molecular weight is 460 g/mol. The van der Waals surface area contributed by atoms with Crippen LogP contribution >= 0.6 is 11.8 Å². The van der Waals surface area contributed by atoms with Crippen molar-refractivity contribution in [3.8, 4) is 11.3 Å². The van der Waals surface area contributed by atoms with E-state index in [0.717, 1.165) is 28.0 Å². The second-order valence-electron chi connectivity index (χ2n) is 7.95. The zero-order valence-corrected chi connectivity index (χ0v) is 19.8. The number of nitrogens with one attached hydrogen (secondary N) is 1. The highest BCUT2D eigenvalue weighted by Crippen LogP contribution is 2.30. The predicted molar refractivity (Wildman–Crippen MR) is 132 cm³/mol. The Kier molecular flexibility index (Phi) is 6.46. The molecule has 1 N–H and O–H groups in total. The number of aryl methyl sites for hydroxylation is 2. The van der Waals surface area contributed by atoms with Crippen LogP contribution in [-0.2, 0) is 4.79 Å².